The van der Waals surface area contributed by atoms with Crippen LogP contribution in [0.4, 0.5) is 5.69 Å². The van der Waals surface area contributed by atoms with Crippen molar-refractivity contribution in [1.29, 1.82) is 0 Å². The van der Waals surface area contributed by atoms with Gasteiger partial charge in [-0.2, -0.15) is 0 Å². The smallest absolute Gasteiger partial charge is 0.0503 e. The third kappa shape index (κ3) is 3.22. The summed E-state index contributed by atoms with van der Waals surface area (Å²) in [6.45, 7) is 3.14. The summed E-state index contributed by atoms with van der Waals surface area (Å²) in [5.74, 6) is 0.797. The van der Waals surface area contributed by atoms with Gasteiger partial charge in [-0.3, -0.25) is 0 Å². The van der Waals surface area contributed by atoms with E-state index in [1.807, 2.05) is 0 Å². The molecule has 1 aliphatic rings. The highest BCUT2D eigenvalue weighted by molar-refractivity contribution is 5.52. The highest BCUT2D eigenvalue weighted by Crippen LogP contribution is 2.29. The van der Waals surface area contributed by atoms with Gasteiger partial charge < -0.3 is 10.1 Å². The monoisotopic (exact) mass is 233 g/mol. The van der Waals surface area contributed by atoms with Crippen molar-refractivity contribution in [3.8, 4) is 0 Å². The van der Waals surface area contributed by atoms with Crippen LogP contribution in [0.15, 0.2) is 24.3 Å². The van der Waals surface area contributed by atoms with Gasteiger partial charge in [-0.25, -0.2) is 0 Å². The molecule has 0 radical (unpaired) electrons. The Labute approximate surface area is 104 Å². The predicted octanol–water partition coefficient (Wildman–Crippen LogP) is 3.48. The predicted molar refractivity (Wildman–Crippen MR) is 72.4 cm³/mol. The van der Waals surface area contributed by atoms with Crippen LogP contribution in [-0.2, 0) is 11.2 Å². The second-order valence-electron chi connectivity index (χ2n) is 5.06. The molecule has 2 heteroatoms. The van der Waals surface area contributed by atoms with E-state index < -0.39 is 0 Å². The molecule has 1 aliphatic carbocycles. The Morgan fingerprint density at radius 2 is 2.12 bits per heavy atom. The van der Waals surface area contributed by atoms with E-state index in [9.17, 15) is 0 Å². The lowest BCUT2D eigenvalue weighted by Crippen LogP contribution is -2.22. The fraction of sp³-hybridized carbons (Fsp3) is 0.600. The maximum Gasteiger partial charge on any atom is 0.0503 e. The van der Waals surface area contributed by atoms with Crippen LogP contribution in [0.1, 0.15) is 31.7 Å². The molecule has 17 heavy (non-hydrogen) atoms. The van der Waals surface area contributed by atoms with Crippen molar-refractivity contribution in [3.05, 3.63) is 29.8 Å². The Bertz CT molecular complexity index is 351. The number of ether oxygens (including phenoxy) is 1. The molecule has 1 fully saturated rings. The van der Waals surface area contributed by atoms with Gasteiger partial charge in [0.1, 0.15) is 0 Å². The second-order valence-corrected chi connectivity index (χ2v) is 5.06. The third-order valence-corrected chi connectivity index (χ3v) is 3.80. The summed E-state index contributed by atoms with van der Waals surface area (Å²) in [5.41, 5.74) is 2.66. The topological polar surface area (TPSA) is 21.3 Å². The lowest BCUT2D eigenvalue weighted by Gasteiger charge is -2.21. The normalized spacial score (nSPS) is 23.9. The second kappa shape index (κ2) is 6.06. The van der Waals surface area contributed by atoms with Gasteiger partial charge in [-0.15, -0.1) is 0 Å². The summed E-state index contributed by atoms with van der Waals surface area (Å²) >= 11 is 0. The molecule has 0 aromatic heterocycles. The molecule has 0 spiro atoms. The summed E-state index contributed by atoms with van der Waals surface area (Å²) in [4.78, 5) is 0. The van der Waals surface area contributed by atoms with Crippen molar-refractivity contribution < 1.29 is 4.74 Å². The van der Waals surface area contributed by atoms with Crippen molar-refractivity contribution in [2.24, 2.45) is 5.92 Å². The number of nitrogens with one attached hydrogen (secondary N) is 1. The van der Waals surface area contributed by atoms with E-state index in [-0.39, 0.29) is 0 Å². The number of methoxy groups -OCH3 is 1. The number of anilines is 1. The Balaban J connectivity index is 2.03. The molecule has 1 aromatic carbocycles. The van der Waals surface area contributed by atoms with Crippen LogP contribution >= 0.6 is 0 Å². The molecule has 0 aliphatic heterocycles. The van der Waals surface area contributed by atoms with Gasteiger partial charge in [0.05, 0.1) is 6.61 Å². The largest absolute Gasteiger partial charge is 0.384 e. The summed E-state index contributed by atoms with van der Waals surface area (Å²) in [5, 5.41) is 3.71. The average Bonchev–Trinajstić information content (AvgIpc) is 2.74. The van der Waals surface area contributed by atoms with Crippen molar-refractivity contribution >= 4 is 5.69 Å². The van der Waals surface area contributed by atoms with Crippen LogP contribution in [0.5, 0.6) is 0 Å². The highest BCUT2D eigenvalue weighted by Gasteiger charge is 2.23. The van der Waals surface area contributed by atoms with Crippen LogP contribution in [-0.4, -0.2) is 19.8 Å². The zero-order valence-corrected chi connectivity index (χ0v) is 10.9. The van der Waals surface area contributed by atoms with E-state index >= 15 is 0 Å². The molecule has 0 bridgehead atoms. The zero-order valence-electron chi connectivity index (χ0n) is 10.9. The number of rotatable bonds is 5. The van der Waals surface area contributed by atoms with Crippen LogP contribution in [0.3, 0.4) is 0 Å². The first kappa shape index (κ1) is 12.4. The summed E-state index contributed by atoms with van der Waals surface area (Å²) in [6, 6.07) is 9.25. The van der Waals surface area contributed by atoms with E-state index in [0.717, 1.165) is 18.9 Å². The quantitative estimate of drug-likeness (QED) is 0.840. The van der Waals surface area contributed by atoms with Gasteiger partial charge in [-0.1, -0.05) is 31.5 Å². The number of hydrogen-bond acceptors (Lipinski definition) is 2. The lowest BCUT2D eigenvalue weighted by molar-refractivity contribution is 0.202. The molecule has 2 unspecified atom stereocenters. The van der Waals surface area contributed by atoms with Gasteiger partial charge in [-0.05, 0) is 36.8 Å². The Hall–Kier alpha value is -1.02. The van der Waals surface area contributed by atoms with E-state index in [1.54, 1.807) is 7.11 Å². The van der Waals surface area contributed by atoms with Gasteiger partial charge in [0.2, 0.25) is 0 Å². The van der Waals surface area contributed by atoms with Crippen LogP contribution in [0, 0.1) is 5.92 Å². The van der Waals surface area contributed by atoms with E-state index in [1.165, 1.54) is 30.5 Å². The zero-order chi connectivity index (χ0) is 12.1. The van der Waals surface area contributed by atoms with Crippen molar-refractivity contribution in [2.75, 3.05) is 19.0 Å². The van der Waals surface area contributed by atoms with Gasteiger partial charge in [0, 0.05) is 18.8 Å². The minimum Gasteiger partial charge on any atom is -0.384 e. The molecule has 94 valence electrons. The van der Waals surface area contributed by atoms with Crippen molar-refractivity contribution in [3.63, 3.8) is 0 Å². The Kier molecular flexibility index (Phi) is 4.43. The average molecular weight is 233 g/mol. The fourth-order valence-electron chi connectivity index (χ4n) is 2.65. The highest BCUT2D eigenvalue weighted by atomic mass is 16.5. The lowest BCUT2D eigenvalue weighted by atomic mass is 10.0. The van der Waals surface area contributed by atoms with Crippen LogP contribution in [0.25, 0.3) is 0 Å². The van der Waals surface area contributed by atoms with E-state index in [4.69, 9.17) is 4.74 Å². The van der Waals surface area contributed by atoms with Crippen molar-refractivity contribution in [1.82, 2.24) is 0 Å². The number of para-hydroxylation sites is 1. The summed E-state index contributed by atoms with van der Waals surface area (Å²) in [6.07, 6.45) is 5.01. The fourth-order valence-corrected chi connectivity index (χ4v) is 2.65. The van der Waals surface area contributed by atoms with Gasteiger partial charge >= 0.3 is 0 Å². The van der Waals surface area contributed by atoms with E-state index in [0.29, 0.717) is 6.04 Å². The van der Waals surface area contributed by atoms with Gasteiger partial charge in [0.25, 0.3) is 0 Å². The molecule has 2 nitrogen and oxygen atoms in total. The molecule has 0 amide bonds. The molecule has 1 saturated carbocycles. The van der Waals surface area contributed by atoms with Crippen molar-refractivity contribution in [2.45, 2.75) is 38.6 Å². The number of hydrogen-bond donors (Lipinski definition) is 1. The first-order valence-corrected chi connectivity index (χ1v) is 6.64. The standard InChI is InChI=1S/C15H23NO/c1-12-6-5-9-14(12)16-15-8-4-3-7-13(15)10-11-17-2/h3-4,7-8,12,14,16H,5-6,9-11H2,1-2H3. The summed E-state index contributed by atoms with van der Waals surface area (Å²) < 4.78 is 5.16. The summed E-state index contributed by atoms with van der Waals surface area (Å²) in [7, 11) is 1.76. The maximum absolute atomic E-state index is 5.16. The first-order chi connectivity index (χ1) is 8.31. The number of benzene rings is 1. The Morgan fingerprint density at radius 3 is 2.82 bits per heavy atom. The molecule has 0 heterocycles. The molecule has 2 atom stereocenters. The first-order valence-electron chi connectivity index (χ1n) is 6.64. The molecule has 1 N–H and O–H groups in total. The van der Waals surface area contributed by atoms with E-state index in [2.05, 4.69) is 36.5 Å². The molecule has 1 aromatic rings. The molecular weight excluding hydrogens is 210 g/mol. The molecular formula is C15H23NO. The maximum atomic E-state index is 5.16. The van der Waals surface area contributed by atoms with Crippen LogP contribution in [0.2, 0.25) is 0 Å². The minimum atomic E-state index is 0.652. The third-order valence-electron chi connectivity index (χ3n) is 3.80. The SMILES string of the molecule is COCCc1ccccc1NC1CCCC1C. The molecule has 2 rings (SSSR count). The van der Waals surface area contributed by atoms with Crippen LogP contribution < -0.4 is 5.32 Å². The van der Waals surface area contributed by atoms with Gasteiger partial charge in [0.15, 0.2) is 0 Å². The minimum absolute atomic E-state index is 0.652. The molecule has 0 saturated heterocycles. The Morgan fingerprint density at radius 1 is 1.29 bits per heavy atom.